The summed E-state index contributed by atoms with van der Waals surface area (Å²) in [5, 5.41) is 4.96. The summed E-state index contributed by atoms with van der Waals surface area (Å²) in [5.41, 5.74) is 4.92. The molecule has 118 valence electrons. The molecule has 1 aliphatic heterocycles. The van der Waals surface area contributed by atoms with Gasteiger partial charge in [0.25, 0.3) is 5.56 Å². The van der Waals surface area contributed by atoms with Crippen LogP contribution in [0.2, 0.25) is 0 Å². The van der Waals surface area contributed by atoms with Crippen molar-refractivity contribution in [3.63, 3.8) is 0 Å². The number of thioether (sulfide) groups is 1. The van der Waals surface area contributed by atoms with Crippen LogP contribution in [-0.4, -0.2) is 20.4 Å². The number of thiophene rings is 1. The Kier molecular flexibility index (Phi) is 4.03. The minimum Gasteiger partial charge on any atom is -0.291 e. The lowest BCUT2D eigenvalue weighted by Gasteiger charge is -2.28. The predicted octanol–water partition coefficient (Wildman–Crippen LogP) is 3.75. The third-order valence-corrected chi connectivity index (χ3v) is 6.47. The largest absolute Gasteiger partial charge is 0.291 e. The first kappa shape index (κ1) is 15.6. The van der Waals surface area contributed by atoms with Crippen LogP contribution in [0.4, 0.5) is 5.95 Å². The molecule has 0 fully saturated rings. The number of anilines is 1. The molecule has 0 saturated carbocycles. The van der Waals surface area contributed by atoms with Crippen LogP contribution in [0.1, 0.15) is 44.6 Å². The quantitative estimate of drug-likeness (QED) is 0.661. The Morgan fingerprint density at radius 3 is 3.00 bits per heavy atom. The number of aromatic nitrogens is 2. The fourth-order valence-corrected chi connectivity index (χ4v) is 4.77. The number of H-pyrrole nitrogens is 1. The zero-order valence-electron chi connectivity index (χ0n) is 13.2. The monoisotopic (exact) mass is 336 g/mol. The van der Waals surface area contributed by atoms with Gasteiger partial charge in [-0.3, -0.25) is 9.78 Å². The van der Waals surface area contributed by atoms with Crippen LogP contribution in [0.25, 0.3) is 10.2 Å². The molecule has 3 heterocycles. The van der Waals surface area contributed by atoms with E-state index in [4.69, 9.17) is 0 Å². The highest BCUT2D eigenvalue weighted by molar-refractivity contribution is 8.00. The Balaban J connectivity index is 2.05. The van der Waals surface area contributed by atoms with Crippen molar-refractivity contribution in [2.24, 2.45) is 5.10 Å². The molecule has 0 amide bonds. The normalized spacial score (nSPS) is 17.5. The third kappa shape index (κ3) is 2.92. The summed E-state index contributed by atoms with van der Waals surface area (Å²) in [4.78, 5) is 21.9. The topological polar surface area (TPSA) is 70.1 Å². The van der Waals surface area contributed by atoms with E-state index < -0.39 is 0 Å². The van der Waals surface area contributed by atoms with Gasteiger partial charge in [0.05, 0.1) is 5.39 Å². The molecule has 0 radical (unpaired) electrons. The van der Waals surface area contributed by atoms with Crippen LogP contribution < -0.4 is 11.0 Å². The number of hydrazone groups is 1. The Hall–Kier alpha value is -1.34. The van der Waals surface area contributed by atoms with E-state index in [2.05, 4.69) is 34.3 Å². The van der Waals surface area contributed by atoms with Gasteiger partial charge in [-0.15, -0.1) is 23.1 Å². The van der Waals surface area contributed by atoms with Crippen molar-refractivity contribution >= 4 is 45.0 Å². The number of rotatable bonds is 3. The summed E-state index contributed by atoms with van der Waals surface area (Å²) in [6.45, 7) is 8.42. The summed E-state index contributed by atoms with van der Waals surface area (Å²) in [6.07, 6.45) is 1.77. The zero-order chi connectivity index (χ0) is 15.9. The van der Waals surface area contributed by atoms with E-state index in [-0.39, 0.29) is 10.3 Å². The lowest BCUT2D eigenvalue weighted by molar-refractivity contribution is 0.699. The average Bonchev–Trinajstić information content (AvgIpc) is 2.81. The van der Waals surface area contributed by atoms with Crippen LogP contribution in [0.5, 0.6) is 0 Å². The lowest BCUT2D eigenvalue weighted by Crippen LogP contribution is -2.23. The smallest absolute Gasteiger partial charge is 0.261 e. The Morgan fingerprint density at radius 1 is 1.50 bits per heavy atom. The SMILES string of the molecule is CCC(C)=NNc1nc2sc3c(c2c(=O)[nH]1)CC(C)(C)SC3. The minimum atomic E-state index is -0.0722. The molecule has 1 aliphatic rings. The maximum absolute atomic E-state index is 12.5. The lowest BCUT2D eigenvalue weighted by atomic mass is 10.00. The van der Waals surface area contributed by atoms with Gasteiger partial charge < -0.3 is 0 Å². The van der Waals surface area contributed by atoms with Gasteiger partial charge in [0.15, 0.2) is 0 Å². The fourth-order valence-electron chi connectivity index (χ4n) is 2.43. The summed E-state index contributed by atoms with van der Waals surface area (Å²) >= 11 is 3.57. The van der Waals surface area contributed by atoms with Crippen LogP contribution in [0.15, 0.2) is 9.90 Å². The highest BCUT2D eigenvalue weighted by atomic mass is 32.2. The highest BCUT2D eigenvalue weighted by Gasteiger charge is 2.30. The molecule has 3 rings (SSSR count). The van der Waals surface area contributed by atoms with Crippen molar-refractivity contribution in [1.82, 2.24) is 9.97 Å². The van der Waals surface area contributed by atoms with Gasteiger partial charge in [-0.05, 0) is 25.3 Å². The minimum absolute atomic E-state index is 0.0722. The zero-order valence-corrected chi connectivity index (χ0v) is 14.9. The van der Waals surface area contributed by atoms with Crippen LogP contribution in [0.3, 0.4) is 0 Å². The van der Waals surface area contributed by atoms with Crippen LogP contribution in [0, 0.1) is 0 Å². The second kappa shape index (κ2) is 5.70. The Morgan fingerprint density at radius 2 is 2.27 bits per heavy atom. The van der Waals surface area contributed by atoms with E-state index in [0.29, 0.717) is 5.95 Å². The average molecular weight is 336 g/mol. The summed E-state index contributed by atoms with van der Waals surface area (Å²) < 4.78 is 0.174. The molecule has 0 spiro atoms. The molecule has 22 heavy (non-hydrogen) atoms. The van der Waals surface area contributed by atoms with E-state index in [1.807, 2.05) is 25.6 Å². The summed E-state index contributed by atoms with van der Waals surface area (Å²) in [7, 11) is 0. The van der Waals surface area contributed by atoms with Gasteiger partial charge in [0, 0.05) is 21.1 Å². The Labute approximate surface area is 137 Å². The van der Waals surface area contributed by atoms with Crippen molar-refractivity contribution in [3.8, 4) is 0 Å². The van der Waals surface area contributed by atoms with Gasteiger partial charge in [0.2, 0.25) is 5.95 Å². The standard InChI is InChI=1S/C15H20N4OS2/c1-5-8(2)18-19-14-16-12(20)11-9-6-15(3,4)21-7-10(9)22-13(11)17-14/h5-7H2,1-4H3,(H2,16,17,19,20). The molecule has 0 unspecified atom stereocenters. The third-order valence-electron chi connectivity index (χ3n) is 3.81. The highest BCUT2D eigenvalue weighted by Crippen LogP contribution is 2.43. The fraction of sp³-hybridized carbons (Fsp3) is 0.533. The second-order valence-corrected chi connectivity index (χ2v) is 8.90. The molecule has 0 saturated heterocycles. The van der Waals surface area contributed by atoms with Crippen molar-refractivity contribution < 1.29 is 0 Å². The van der Waals surface area contributed by atoms with Gasteiger partial charge in [-0.2, -0.15) is 5.10 Å². The van der Waals surface area contributed by atoms with E-state index >= 15 is 0 Å². The van der Waals surface area contributed by atoms with Crippen molar-refractivity contribution in [3.05, 3.63) is 20.8 Å². The number of hydrogen-bond acceptors (Lipinski definition) is 6. The molecule has 0 atom stereocenters. The van der Waals surface area contributed by atoms with Crippen molar-refractivity contribution in [1.29, 1.82) is 0 Å². The predicted molar refractivity (Wildman–Crippen MR) is 96.3 cm³/mol. The van der Waals surface area contributed by atoms with Crippen LogP contribution in [-0.2, 0) is 12.2 Å². The molecule has 2 aromatic rings. The maximum Gasteiger partial charge on any atom is 0.261 e. The van der Waals surface area contributed by atoms with Gasteiger partial charge >= 0.3 is 0 Å². The first-order chi connectivity index (χ1) is 10.4. The number of fused-ring (bicyclic) bond motifs is 3. The van der Waals surface area contributed by atoms with E-state index in [1.54, 1.807) is 11.3 Å². The van der Waals surface area contributed by atoms with Gasteiger partial charge in [-0.1, -0.05) is 20.8 Å². The molecule has 0 bridgehead atoms. The maximum atomic E-state index is 12.5. The van der Waals surface area contributed by atoms with E-state index in [0.717, 1.165) is 34.5 Å². The van der Waals surface area contributed by atoms with Gasteiger partial charge in [-0.25, -0.2) is 10.4 Å². The van der Waals surface area contributed by atoms with E-state index in [9.17, 15) is 4.79 Å². The number of hydrogen-bond donors (Lipinski definition) is 2. The number of aromatic amines is 1. The molecule has 0 aromatic carbocycles. The van der Waals surface area contributed by atoms with Crippen molar-refractivity contribution in [2.45, 2.75) is 51.0 Å². The first-order valence-electron chi connectivity index (χ1n) is 7.37. The molecule has 5 nitrogen and oxygen atoms in total. The second-order valence-electron chi connectivity index (χ2n) is 6.14. The molecular weight excluding hydrogens is 316 g/mol. The van der Waals surface area contributed by atoms with Crippen molar-refractivity contribution in [2.75, 3.05) is 5.43 Å². The molecular formula is C15H20N4OS2. The van der Waals surface area contributed by atoms with Gasteiger partial charge in [0.1, 0.15) is 4.83 Å². The number of nitrogens with one attached hydrogen (secondary N) is 2. The molecule has 0 aliphatic carbocycles. The summed E-state index contributed by atoms with van der Waals surface area (Å²) in [5.74, 6) is 1.37. The van der Waals surface area contributed by atoms with E-state index in [1.165, 1.54) is 10.4 Å². The molecule has 7 heteroatoms. The molecule has 2 aromatic heterocycles. The van der Waals surface area contributed by atoms with Crippen LogP contribution >= 0.6 is 23.1 Å². The first-order valence-corrected chi connectivity index (χ1v) is 9.17. The Bertz CT molecular complexity index is 804. The molecule has 2 N–H and O–H groups in total. The number of nitrogens with zero attached hydrogens (tertiary/aromatic N) is 2. The summed E-state index contributed by atoms with van der Waals surface area (Å²) in [6, 6.07) is 0.